The molecule has 1 rings (SSSR count). The van der Waals surface area contributed by atoms with Crippen LogP contribution in [0.1, 0.15) is 26.7 Å². The third-order valence-corrected chi connectivity index (χ3v) is 5.92. The van der Waals surface area contributed by atoms with Crippen LogP contribution in [0, 0.1) is 11.3 Å². The lowest BCUT2D eigenvalue weighted by Crippen LogP contribution is -2.40. The second-order valence-electron chi connectivity index (χ2n) is 6.01. The number of sulfone groups is 1. The third kappa shape index (κ3) is 4.67. The molecule has 1 amide bonds. The standard InChI is InChI=1S/C13H24N2O5S/c1-10(2)13(12(17)18)4-5-15(9-13)6-8-21(19,20)7-3-11(14)16/h10H,3-9H2,1-2H3,(H2,14,16)(H,17,18). The molecular formula is C13H24N2O5S. The van der Waals surface area contributed by atoms with Gasteiger partial charge in [0.15, 0.2) is 9.84 Å². The molecule has 1 heterocycles. The molecule has 1 fully saturated rings. The summed E-state index contributed by atoms with van der Waals surface area (Å²) in [5.74, 6) is -1.79. The fourth-order valence-corrected chi connectivity index (χ4v) is 3.88. The summed E-state index contributed by atoms with van der Waals surface area (Å²) >= 11 is 0. The minimum Gasteiger partial charge on any atom is -0.481 e. The minimum absolute atomic E-state index is 0.00790. The second kappa shape index (κ2) is 6.74. The molecule has 0 bridgehead atoms. The maximum absolute atomic E-state index is 11.8. The van der Waals surface area contributed by atoms with Gasteiger partial charge >= 0.3 is 5.97 Å². The number of aliphatic carboxylic acids is 1. The molecule has 0 aliphatic carbocycles. The molecule has 0 aromatic heterocycles. The third-order valence-electron chi connectivity index (χ3n) is 4.29. The maximum Gasteiger partial charge on any atom is 0.311 e. The van der Waals surface area contributed by atoms with Gasteiger partial charge in [0.25, 0.3) is 0 Å². The van der Waals surface area contributed by atoms with Crippen molar-refractivity contribution in [2.24, 2.45) is 17.1 Å². The van der Waals surface area contributed by atoms with Crippen LogP contribution in [0.15, 0.2) is 0 Å². The van der Waals surface area contributed by atoms with Gasteiger partial charge in [0.05, 0.1) is 16.9 Å². The number of nitrogens with zero attached hydrogens (tertiary/aromatic N) is 1. The largest absolute Gasteiger partial charge is 0.481 e. The fourth-order valence-electron chi connectivity index (χ4n) is 2.62. The van der Waals surface area contributed by atoms with E-state index in [2.05, 4.69) is 0 Å². The summed E-state index contributed by atoms with van der Waals surface area (Å²) in [7, 11) is -3.33. The van der Waals surface area contributed by atoms with Gasteiger partial charge in [0, 0.05) is 19.5 Å². The van der Waals surface area contributed by atoms with Crippen molar-refractivity contribution < 1.29 is 23.1 Å². The minimum atomic E-state index is -3.33. The van der Waals surface area contributed by atoms with E-state index >= 15 is 0 Å². The molecule has 1 aliphatic rings. The van der Waals surface area contributed by atoms with Crippen LogP contribution in [-0.2, 0) is 19.4 Å². The molecule has 7 nitrogen and oxygen atoms in total. The Morgan fingerprint density at radius 1 is 1.33 bits per heavy atom. The van der Waals surface area contributed by atoms with Crippen LogP contribution in [-0.4, -0.2) is 61.4 Å². The Morgan fingerprint density at radius 3 is 2.38 bits per heavy atom. The van der Waals surface area contributed by atoms with Gasteiger partial charge in [-0.2, -0.15) is 0 Å². The number of hydrogen-bond donors (Lipinski definition) is 2. The number of carboxylic acids is 1. The SMILES string of the molecule is CC(C)C1(C(=O)O)CCN(CCS(=O)(=O)CCC(N)=O)C1. The highest BCUT2D eigenvalue weighted by Crippen LogP contribution is 2.37. The zero-order chi connectivity index (χ0) is 16.3. The van der Waals surface area contributed by atoms with Crippen LogP contribution in [0.4, 0.5) is 0 Å². The van der Waals surface area contributed by atoms with Crippen molar-refractivity contribution in [3.8, 4) is 0 Å². The van der Waals surface area contributed by atoms with E-state index in [4.69, 9.17) is 5.73 Å². The molecule has 0 spiro atoms. The van der Waals surface area contributed by atoms with Crippen LogP contribution in [0.5, 0.6) is 0 Å². The number of rotatable bonds is 8. The van der Waals surface area contributed by atoms with Crippen molar-refractivity contribution in [1.82, 2.24) is 4.90 Å². The first kappa shape index (κ1) is 17.9. The summed E-state index contributed by atoms with van der Waals surface area (Å²) in [5.41, 5.74) is 4.15. The Labute approximate surface area is 125 Å². The summed E-state index contributed by atoms with van der Waals surface area (Å²) in [4.78, 5) is 24.0. The zero-order valence-corrected chi connectivity index (χ0v) is 13.4. The maximum atomic E-state index is 11.8. The first-order valence-electron chi connectivity index (χ1n) is 7.03. The second-order valence-corrected chi connectivity index (χ2v) is 8.31. The van der Waals surface area contributed by atoms with Crippen molar-refractivity contribution in [3.63, 3.8) is 0 Å². The van der Waals surface area contributed by atoms with Crippen LogP contribution < -0.4 is 5.73 Å². The molecule has 0 aromatic carbocycles. The van der Waals surface area contributed by atoms with E-state index < -0.39 is 27.1 Å². The van der Waals surface area contributed by atoms with E-state index in [1.54, 1.807) is 0 Å². The first-order chi connectivity index (χ1) is 9.59. The van der Waals surface area contributed by atoms with Crippen LogP contribution >= 0.6 is 0 Å². The number of carbonyl (C=O) groups is 2. The van der Waals surface area contributed by atoms with Crippen LogP contribution in [0.25, 0.3) is 0 Å². The first-order valence-corrected chi connectivity index (χ1v) is 8.86. The number of carboxylic acid groups (broad SMARTS) is 1. The van der Waals surface area contributed by atoms with E-state index in [1.165, 1.54) is 0 Å². The molecule has 8 heteroatoms. The van der Waals surface area contributed by atoms with Gasteiger partial charge in [-0.05, 0) is 18.9 Å². The topological polar surface area (TPSA) is 118 Å². The van der Waals surface area contributed by atoms with Crippen LogP contribution in [0.3, 0.4) is 0 Å². The normalized spacial score (nSPS) is 23.6. The number of carbonyl (C=O) groups excluding carboxylic acids is 1. The highest BCUT2D eigenvalue weighted by molar-refractivity contribution is 7.91. The van der Waals surface area contributed by atoms with Gasteiger partial charge in [-0.1, -0.05) is 13.8 Å². The van der Waals surface area contributed by atoms with Crippen molar-refractivity contribution in [3.05, 3.63) is 0 Å². The molecule has 1 saturated heterocycles. The molecule has 3 N–H and O–H groups in total. The van der Waals surface area contributed by atoms with E-state index in [0.717, 1.165) is 0 Å². The number of likely N-dealkylation sites (tertiary alicyclic amines) is 1. The van der Waals surface area contributed by atoms with E-state index in [0.29, 0.717) is 26.1 Å². The summed E-state index contributed by atoms with van der Waals surface area (Å²) < 4.78 is 23.5. The molecule has 1 aliphatic heterocycles. The number of primary amides is 1. The monoisotopic (exact) mass is 320 g/mol. The van der Waals surface area contributed by atoms with E-state index in [1.807, 2.05) is 18.7 Å². The zero-order valence-electron chi connectivity index (χ0n) is 12.5. The van der Waals surface area contributed by atoms with Gasteiger partial charge in [-0.15, -0.1) is 0 Å². The van der Waals surface area contributed by atoms with E-state index in [-0.39, 0.29) is 23.8 Å². The number of hydrogen-bond acceptors (Lipinski definition) is 5. The molecule has 21 heavy (non-hydrogen) atoms. The molecule has 0 aromatic rings. The number of nitrogens with two attached hydrogens (primary N) is 1. The predicted molar refractivity (Wildman–Crippen MR) is 78.4 cm³/mol. The van der Waals surface area contributed by atoms with Gasteiger partial charge in [-0.25, -0.2) is 8.42 Å². The molecular weight excluding hydrogens is 296 g/mol. The number of amides is 1. The molecule has 122 valence electrons. The van der Waals surface area contributed by atoms with Gasteiger partial charge in [0.2, 0.25) is 5.91 Å². The lowest BCUT2D eigenvalue weighted by atomic mass is 9.76. The highest BCUT2D eigenvalue weighted by atomic mass is 32.2. The summed E-state index contributed by atoms with van der Waals surface area (Å²) in [6.45, 7) is 4.99. The Hall–Kier alpha value is -1.15. The summed E-state index contributed by atoms with van der Waals surface area (Å²) in [6.07, 6.45) is 0.356. The average molecular weight is 320 g/mol. The lowest BCUT2D eigenvalue weighted by molar-refractivity contribution is -0.151. The van der Waals surface area contributed by atoms with Crippen molar-refractivity contribution in [2.75, 3.05) is 31.1 Å². The van der Waals surface area contributed by atoms with Crippen molar-refractivity contribution in [2.45, 2.75) is 26.7 Å². The Balaban J connectivity index is 2.55. The van der Waals surface area contributed by atoms with Gasteiger partial charge < -0.3 is 15.7 Å². The van der Waals surface area contributed by atoms with Gasteiger partial charge in [0.1, 0.15) is 0 Å². The predicted octanol–water partition coefficient (Wildman–Crippen LogP) is -0.291. The summed E-state index contributed by atoms with van der Waals surface area (Å²) in [5, 5.41) is 9.43. The molecule has 0 radical (unpaired) electrons. The Bertz CT molecular complexity index is 503. The summed E-state index contributed by atoms with van der Waals surface area (Å²) in [6, 6.07) is 0. The Kier molecular flexibility index (Phi) is 5.75. The molecule has 1 atom stereocenters. The van der Waals surface area contributed by atoms with E-state index in [9.17, 15) is 23.1 Å². The highest BCUT2D eigenvalue weighted by Gasteiger charge is 2.47. The fraction of sp³-hybridized carbons (Fsp3) is 0.846. The Morgan fingerprint density at radius 2 is 1.95 bits per heavy atom. The van der Waals surface area contributed by atoms with Crippen molar-refractivity contribution >= 4 is 21.7 Å². The molecule has 1 unspecified atom stereocenters. The van der Waals surface area contributed by atoms with Crippen molar-refractivity contribution in [1.29, 1.82) is 0 Å². The lowest BCUT2D eigenvalue weighted by Gasteiger charge is -2.28. The quantitative estimate of drug-likeness (QED) is 0.634. The smallest absolute Gasteiger partial charge is 0.311 e. The van der Waals surface area contributed by atoms with Gasteiger partial charge in [-0.3, -0.25) is 9.59 Å². The molecule has 0 saturated carbocycles. The average Bonchev–Trinajstić information content (AvgIpc) is 2.80. The van der Waals surface area contributed by atoms with Crippen LogP contribution in [0.2, 0.25) is 0 Å².